The lowest BCUT2D eigenvalue weighted by molar-refractivity contribution is -0.120. The number of hydrogen-bond acceptors (Lipinski definition) is 4. The lowest BCUT2D eigenvalue weighted by atomic mass is 9.85. The molecule has 25 heavy (non-hydrogen) atoms. The Kier molecular flexibility index (Phi) is 5.23. The van der Waals surface area contributed by atoms with Gasteiger partial charge in [-0.3, -0.25) is 4.79 Å². The first-order chi connectivity index (χ1) is 12.0. The molecular formula is C18H21N3O3S. The zero-order valence-corrected chi connectivity index (χ0v) is 14.5. The Morgan fingerprint density at radius 2 is 1.92 bits per heavy atom. The summed E-state index contributed by atoms with van der Waals surface area (Å²) in [5.41, 5.74) is 8.20. The summed E-state index contributed by atoms with van der Waals surface area (Å²) in [6, 6.07) is 9.60. The maximum Gasteiger partial charge on any atom is 0.404 e. The van der Waals surface area contributed by atoms with Gasteiger partial charge in [-0.15, -0.1) is 11.3 Å². The average Bonchev–Trinajstić information content (AvgIpc) is 3.11. The van der Waals surface area contributed by atoms with Crippen LogP contribution in [0.2, 0.25) is 0 Å². The average molecular weight is 359 g/mol. The fourth-order valence-electron chi connectivity index (χ4n) is 3.17. The zero-order valence-electron chi connectivity index (χ0n) is 13.7. The van der Waals surface area contributed by atoms with Crippen molar-refractivity contribution in [1.29, 1.82) is 0 Å². The second-order valence-electron chi connectivity index (χ2n) is 6.27. The Labute approximate surface area is 150 Å². The molecule has 2 amide bonds. The predicted molar refractivity (Wildman–Crippen MR) is 99.7 cm³/mol. The molecule has 0 unspecified atom stereocenters. The van der Waals surface area contributed by atoms with Crippen molar-refractivity contribution >= 4 is 34.7 Å². The first-order valence-corrected chi connectivity index (χ1v) is 9.14. The normalized spacial score (nSPS) is 20.0. The molecule has 1 fully saturated rings. The second kappa shape index (κ2) is 7.57. The van der Waals surface area contributed by atoms with Gasteiger partial charge < -0.3 is 21.5 Å². The van der Waals surface area contributed by atoms with E-state index in [2.05, 4.69) is 10.6 Å². The fourth-order valence-corrected chi connectivity index (χ4v) is 3.89. The van der Waals surface area contributed by atoms with E-state index in [1.54, 1.807) is 17.4 Å². The van der Waals surface area contributed by atoms with E-state index in [0.717, 1.165) is 10.4 Å². The molecule has 5 N–H and O–H groups in total. The summed E-state index contributed by atoms with van der Waals surface area (Å²) >= 11 is 1.63. The molecule has 2 aromatic rings. The molecule has 7 heteroatoms. The van der Waals surface area contributed by atoms with Crippen LogP contribution in [0, 0.1) is 5.92 Å². The highest BCUT2D eigenvalue weighted by Gasteiger charge is 2.27. The summed E-state index contributed by atoms with van der Waals surface area (Å²) in [6.07, 6.45) is 1.68. The number of rotatable bonds is 4. The third kappa shape index (κ3) is 4.30. The number of anilines is 2. The number of benzene rings is 1. The summed E-state index contributed by atoms with van der Waals surface area (Å²) in [5, 5.41) is 16.2. The monoisotopic (exact) mass is 359 g/mol. The minimum atomic E-state index is -1.01. The molecule has 0 aliphatic heterocycles. The standard InChI is InChI=1S/C18H21N3O3S/c19-14-8-5-12(16-2-1-9-25-16)10-15(14)21-17(22)11-3-6-13(7-4-11)20-18(23)24/h1-2,5,8-11,13,20H,3-4,6-7,19H2,(H,21,22)(H,23,24)/t11-,13-. The lowest BCUT2D eigenvalue weighted by Crippen LogP contribution is -2.38. The number of nitrogens with two attached hydrogens (primary N) is 1. The minimum Gasteiger partial charge on any atom is -0.465 e. The van der Waals surface area contributed by atoms with Crippen molar-refractivity contribution in [2.45, 2.75) is 31.7 Å². The smallest absolute Gasteiger partial charge is 0.404 e. The molecule has 1 aliphatic carbocycles. The van der Waals surface area contributed by atoms with Gasteiger partial charge in [0.1, 0.15) is 0 Å². The van der Waals surface area contributed by atoms with Crippen molar-refractivity contribution < 1.29 is 14.7 Å². The number of amides is 2. The molecule has 0 saturated heterocycles. The highest BCUT2D eigenvalue weighted by Crippen LogP contribution is 2.31. The highest BCUT2D eigenvalue weighted by atomic mass is 32.1. The number of nitrogen functional groups attached to an aromatic ring is 1. The van der Waals surface area contributed by atoms with Gasteiger partial charge in [0.2, 0.25) is 5.91 Å². The van der Waals surface area contributed by atoms with E-state index in [-0.39, 0.29) is 17.9 Å². The molecule has 0 bridgehead atoms. The van der Waals surface area contributed by atoms with Crippen molar-refractivity contribution in [3.63, 3.8) is 0 Å². The van der Waals surface area contributed by atoms with E-state index in [1.165, 1.54) is 0 Å². The molecule has 1 aliphatic rings. The van der Waals surface area contributed by atoms with Gasteiger partial charge in [0.05, 0.1) is 11.4 Å². The Balaban J connectivity index is 1.63. The van der Waals surface area contributed by atoms with E-state index in [9.17, 15) is 9.59 Å². The van der Waals surface area contributed by atoms with E-state index >= 15 is 0 Å². The molecule has 0 radical (unpaired) electrons. The number of hydrogen-bond donors (Lipinski definition) is 4. The number of thiophene rings is 1. The molecule has 6 nitrogen and oxygen atoms in total. The van der Waals surface area contributed by atoms with Crippen LogP contribution in [-0.4, -0.2) is 23.1 Å². The topological polar surface area (TPSA) is 104 Å². The molecule has 0 atom stereocenters. The lowest BCUT2D eigenvalue weighted by Gasteiger charge is -2.27. The molecule has 1 saturated carbocycles. The van der Waals surface area contributed by atoms with E-state index in [4.69, 9.17) is 10.8 Å². The molecule has 1 heterocycles. The Morgan fingerprint density at radius 3 is 2.56 bits per heavy atom. The first-order valence-electron chi connectivity index (χ1n) is 8.26. The zero-order chi connectivity index (χ0) is 17.8. The van der Waals surface area contributed by atoms with Crippen molar-refractivity contribution in [1.82, 2.24) is 5.32 Å². The quantitative estimate of drug-likeness (QED) is 0.624. The third-order valence-corrected chi connectivity index (χ3v) is 5.46. The SMILES string of the molecule is Nc1ccc(-c2cccs2)cc1NC(=O)[C@H]1CC[C@H](NC(=O)O)CC1. The van der Waals surface area contributed by atoms with Gasteiger partial charge in [-0.2, -0.15) is 0 Å². The highest BCUT2D eigenvalue weighted by molar-refractivity contribution is 7.13. The van der Waals surface area contributed by atoms with Gasteiger partial charge in [-0.05, 0) is 54.8 Å². The number of carbonyl (C=O) groups excluding carboxylic acids is 1. The van der Waals surface area contributed by atoms with Crippen LogP contribution in [-0.2, 0) is 4.79 Å². The van der Waals surface area contributed by atoms with Crippen molar-refractivity contribution in [2.75, 3.05) is 11.1 Å². The molecule has 132 valence electrons. The van der Waals surface area contributed by atoms with Gasteiger partial charge in [0, 0.05) is 16.8 Å². The second-order valence-corrected chi connectivity index (χ2v) is 7.21. The first kappa shape index (κ1) is 17.3. The molecule has 0 spiro atoms. The van der Waals surface area contributed by atoms with Crippen LogP contribution in [0.5, 0.6) is 0 Å². The summed E-state index contributed by atoms with van der Waals surface area (Å²) in [7, 11) is 0. The van der Waals surface area contributed by atoms with Crippen molar-refractivity contribution in [3.05, 3.63) is 35.7 Å². The Morgan fingerprint density at radius 1 is 1.16 bits per heavy atom. The number of nitrogens with one attached hydrogen (secondary N) is 2. The van der Waals surface area contributed by atoms with Crippen molar-refractivity contribution in [3.8, 4) is 10.4 Å². The largest absolute Gasteiger partial charge is 0.465 e. The van der Waals surface area contributed by atoms with E-state index in [1.807, 2.05) is 29.6 Å². The van der Waals surface area contributed by atoms with Crippen LogP contribution in [0.1, 0.15) is 25.7 Å². The van der Waals surface area contributed by atoms with Crippen LogP contribution in [0.15, 0.2) is 35.7 Å². The Hall–Kier alpha value is -2.54. The molecule has 1 aromatic carbocycles. The van der Waals surface area contributed by atoms with Gasteiger partial charge in [-0.1, -0.05) is 12.1 Å². The van der Waals surface area contributed by atoms with Crippen LogP contribution in [0.4, 0.5) is 16.2 Å². The summed E-state index contributed by atoms with van der Waals surface area (Å²) in [5.74, 6) is -0.166. The van der Waals surface area contributed by atoms with E-state index < -0.39 is 6.09 Å². The number of carboxylic acid groups (broad SMARTS) is 1. The van der Waals surface area contributed by atoms with Crippen LogP contribution in [0.25, 0.3) is 10.4 Å². The van der Waals surface area contributed by atoms with Crippen LogP contribution < -0.4 is 16.4 Å². The van der Waals surface area contributed by atoms with Crippen LogP contribution >= 0.6 is 11.3 Å². The minimum absolute atomic E-state index is 0.0520. The van der Waals surface area contributed by atoms with E-state index in [0.29, 0.717) is 37.1 Å². The van der Waals surface area contributed by atoms with Crippen LogP contribution in [0.3, 0.4) is 0 Å². The van der Waals surface area contributed by atoms with Crippen molar-refractivity contribution in [2.24, 2.45) is 5.92 Å². The molecule has 1 aromatic heterocycles. The summed E-state index contributed by atoms with van der Waals surface area (Å²) < 4.78 is 0. The third-order valence-electron chi connectivity index (χ3n) is 4.54. The van der Waals surface area contributed by atoms with Gasteiger partial charge in [0.25, 0.3) is 0 Å². The summed E-state index contributed by atoms with van der Waals surface area (Å²) in [4.78, 5) is 24.4. The number of carbonyl (C=O) groups is 2. The van der Waals surface area contributed by atoms with Gasteiger partial charge in [0.15, 0.2) is 0 Å². The maximum absolute atomic E-state index is 12.5. The fraction of sp³-hybridized carbons (Fsp3) is 0.333. The van der Waals surface area contributed by atoms with Gasteiger partial charge in [-0.25, -0.2) is 4.79 Å². The molecule has 3 rings (SSSR count). The predicted octanol–water partition coefficient (Wildman–Crippen LogP) is 3.76. The van der Waals surface area contributed by atoms with Gasteiger partial charge >= 0.3 is 6.09 Å². The molecular weight excluding hydrogens is 338 g/mol. The summed E-state index contributed by atoms with van der Waals surface area (Å²) in [6.45, 7) is 0. The maximum atomic E-state index is 12.5. The Bertz CT molecular complexity index is 753.